The molecule has 1 atom stereocenters. The number of morpholine rings is 1. The molecule has 8 heteroatoms. The van der Waals surface area contributed by atoms with Crippen molar-refractivity contribution in [3.8, 4) is 0 Å². The summed E-state index contributed by atoms with van der Waals surface area (Å²) < 4.78 is 24.8. The molecule has 0 radical (unpaired) electrons. The second-order valence-electron chi connectivity index (χ2n) is 8.21. The molecule has 0 spiro atoms. The third-order valence-electron chi connectivity index (χ3n) is 6.03. The maximum absolute atomic E-state index is 13.4. The third-order valence-corrected chi connectivity index (χ3v) is 6.03. The van der Waals surface area contributed by atoms with Crippen LogP contribution in [0.25, 0.3) is 0 Å². The third kappa shape index (κ3) is 4.10. The number of halogens is 1. The van der Waals surface area contributed by atoms with Crippen LogP contribution in [0.3, 0.4) is 0 Å². The van der Waals surface area contributed by atoms with Gasteiger partial charge in [-0.3, -0.25) is 9.78 Å². The maximum atomic E-state index is 13.4. The number of aryl methyl sites for hydroxylation is 2. The lowest BCUT2D eigenvalue weighted by atomic mass is 9.94. The Kier molecular flexibility index (Phi) is 5.61. The van der Waals surface area contributed by atoms with Crippen LogP contribution in [0, 0.1) is 12.7 Å². The van der Waals surface area contributed by atoms with Crippen LogP contribution in [0.2, 0.25) is 0 Å². The molecule has 2 aliphatic rings. The number of carbonyl (C=O) groups excluding carboxylic acids is 1. The van der Waals surface area contributed by atoms with Gasteiger partial charge in [0.05, 0.1) is 42.5 Å². The Balaban J connectivity index is 1.28. The number of amides is 1. The van der Waals surface area contributed by atoms with Gasteiger partial charge in [-0.05, 0) is 50.5 Å². The highest BCUT2D eigenvalue weighted by Gasteiger charge is 2.32. The van der Waals surface area contributed by atoms with Gasteiger partial charge in [-0.1, -0.05) is 0 Å². The molecule has 0 unspecified atom stereocenters. The summed E-state index contributed by atoms with van der Waals surface area (Å²) in [5, 5.41) is 3.09. The Morgan fingerprint density at radius 2 is 2.03 bits per heavy atom. The number of aromatic nitrogens is 2. The number of anilines is 2. The average Bonchev–Trinajstić information content (AvgIpc) is 3.16. The van der Waals surface area contributed by atoms with E-state index in [0.29, 0.717) is 31.3 Å². The van der Waals surface area contributed by atoms with E-state index in [1.165, 1.54) is 6.07 Å². The molecule has 3 aromatic rings. The standard InChI is InChI=1S/C24H25FN4O3/c1-15-23(18-4-2-3-5-20(18)32-15)24(30)29-10-11-31-21(14-29)19-8-7-17(13-26-19)28-22-9-6-16(25)12-27-22/h6-9,12-13,21H,2-5,10-11,14H2,1H3,(H,27,28)/t21-/m1/s1. The number of carbonyl (C=O) groups is 1. The number of rotatable bonds is 4. The van der Waals surface area contributed by atoms with E-state index in [1.54, 1.807) is 12.3 Å². The van der Waals surface area contributed by atoms with E-state index < -0.39 is 0 Å². The van der Waals surface area contributed by atoms with E-state index in [2.05, 4.69) is 15.3 Å². The first-order valence-electron chi connectivity index (χ1n) is 10.9. The van der Waals surface area contributed by atoms with Crippen molar-refractivity contribution in [1.29, 1.82) is 0 Å². The highest BCUT2D eigenvalue weighted by Crippen LogP contribution is 2.32. The van der Waals surface area contributed by atoms with Gasteiger partial charge < -0.3 is 19.4 Å². The summed E-state index contributed by atoms with van der Waals surface area (Å²) in [5.74, 6) is 1.85. The fraction of sp³-hybridized carbons (Fsp3) is 0.375. The summed E-state index contributed by atoms with van der Waals surface area (Å²) in [5.41, 5.74) is 3.31. The van der Waals surface area contributed by atoms with Crippen molar-refractivity contribution in [1.82, 2.24) is 14.9 Å². The number of hydrogen-bond donors (Lipinski definition) is 1. The fourth-order valence-corrected chi connectivity index (χ4v) is 4.42. The van der Waals surface area contributed by atoms with Gasteiger partial charge in [0.1, 0.15) is 29.3 Å². The molecule has 1 saturated heterocycles. The second kappa shape index (κ2) is 8.70. The van der Waals surface area contributed by atoms with Crippen LogP contribution in [-0.4, -0.2) is 40.5 Å². The smallest absolute Gasteiger partial charge is 0.257 e. The van der Waals surface area contributed by atoms with Gasteiger partial charge in [-0.2, -0.15) is 0 Å². The minimum absolute atomic E-state index is 0.0170. The van der Waals surface area contributed by atoms with Crippen LogP contribution in [-0.2, 0) is 17.6 Å². The minimum atomic E-state index is -0.385. The maximum Gasteiger partial charge on any atom is 0.257 e. The molecular formula is C24H25FN4O3. The SMILES string of the molecule is Cc1oc2c(c1C(=O)N1CCO[C@@H](c3ccc(Nc4ccc(F)cn4)cn3)C1)CCCC2. The summed E-state index contributed by atoms with van der Waals surface area (Å²) in [6.45, 7) is 3.32. The van der Waals surface area contributed by atoms with Gasteiger partial charge in [0.25, 0.3) is 5.91 Å². The molecule has 0 bridgehead atoms. The first-order valence-corrected chi connectivity index (χ1v) is 10.9. The molecule has 1 aliphatic heterocycles. The summed E-state index contributed by atoms with van der Waals surface area (Å²) in [6, 6.07) is 6.65. The molecular weight excluding hydrogens is 411 g/mol. The van der Waals surface area contributed by atoms with Gasteiger partial charge in [-0.25, -0.2) is 9.37 Å². The summed E-state index contributed by atoms with van der Waals surface area (Å²) in [6.07, 6.45) is 6.56. The van der Waals surface area contributed by atoms with E-state index in [4.69, 9.17) is 9.15 Å². The molecule has 3 aromatic heterocycles. The van der Waals surface area contributed by atoms with E-state index in [0.717, 1.165) is 60.1 Å². The van der Waals surface area contributed by atoms with Crippen LogP contribution in [0.4, 0.5) is 15.9 Å². The number of nitrogens with one attached hydrogen (secondary N) is 1. The van der Waals surface area contributed by atoms with E-state index in [9.17, 15) is 9.18 Å². The molecule has 4 heterocycles. The molecule has 0 aromatic carbocycles. The monoisotopic (exact) mass is 436 g/mol. The minimum Gasteiger partial charge on any atom is -0.465 e. The molecule has 1 N–H and O–H groups in total. The second-order valence-corrected chi connectivity index (χ2v) is 8.21. The van der Waals surface area contributed by atoms with Crippen molar-refractivity contribution in [2.24, 2.45) is 0 Å². The lowest BCUT2D eigenvalue weighted by molar-refractivity contribution is -0.0248. The normalized spacial score (nSPS) is 18.3. The van der Waals surface area contributed by atoms with Crippen molar-refractivity contribution >= 4 is 17.4 Å². The summed E-state index contributed by atoms with van der Waals surface area (Å²) in [4.78, 5) is 23.7. The highest BCUT2D eigenvalue weighted by molar-refractivity contribution is 5.97. The van der Waals surface area contributed by atoms with Crippen molar-refractivity contribution in [3.63, 3.8) is 0 Å². The Hall–Kier alpha value is -3.26. The topological polar surface area (TPSA) is 80.5 Å². The van der Waals surface area contributed by atoms with Crippen LogP contribution in [0.5, 0.6) is 0 Å². The Morgan fingerprint density at radius 1 is 1.16 bits per heavy atom. The van der Waals surface area contributed by atoms with Gasteiger partial charge in [0, 0.05) is 18.5 Å². The first kappa shape index (κ1) is 20.6. The molecule has 1 aliphatic carbocycles. The van der Waals surface area contributed by atoms with Crippen LogP contribution < -0.4 is 5.32 Å². The lowest BCUT2D eigenvalue weighted by Crippen LogP contribution is -2.42. The molecule has 1 fully saturated rings. The quantitative estimate of drug-likeness (QED) is 0.655. The zero-order chi connectivity index (χ0) is 22.1. The Bertz CT molecular complexity index is 1110. The molecule has 5 rings (SSSR count). The first-order chi connectivity index (χ1) is 15.6. The highest BCUT2D eigenvalue weighted by atomic mass is 19.1. The van der Waals surface area contributed by atoms with Gasteiger partial charge >= 0.3 is 0 Å². The van der Waals surface area contributed by atoms with Crippen molar-refractivity contribution in [2.75, 3.05) is 25.0 Å². The predicted molar refractivity (Wildman–Crippen MR) is 116 cm³/mol. The number of pyridine rings is 2. The number of hydrogen-bond acceptors (Lipinski definition) is 6. The summed E-state index contributed by atoms with van der Waals surface area (Å²) in [7, 11) is 0. The van der Waals surface area contributed by atoms with Crippen LogP contribution in [0.15, 0.2) is 41.1 Å². The van der Waals surface area contributed by atoms with Crippen LogP contribution in [0.1, 0.15) is 52.1 Å². The molecule has 0 saturated carbocycles. The molecule has 7 nitrogen and oxygen atoms in total. The average molecular weight is 436 g/mol. The van der Waals surface area contributed by atoms with Gasteiger partial charge in [-0.15, -0.1) is 0 Å². The fourth-order valence-electron chi connectivity index (χ4n) is 4.42. The molecule has 166 valence electrons. The zero-order valence-electron chi connectivity index (χ0n) is 17.9. The number of nitrogens with zero attached hydrogens (tertiary/aromatic N) is 3. The van der Waals surface area contributed by atoms with Crippen molar-refractivity contribution in [2.45, 2.75) is 38.7 Å². The Labute approximate surface area is 185 Å². The number of furan rings is 1. The largest absolute Gasteiger partial charge is 0.465 e. The van der Waals surface area contributed by atoms with Crippen molar-refractivity contribution < 1.29 is 18.3 Å². The van der Waals surface area contributed by atoms with Gasteiger partial charge in [0.2, 0.25) is 0 Å². The summed E-state index contributed by atoms with van der Waals surface area (Å²) >= 11 is 0. The lowest BCUT2D eigenvalue weighted by Gasteiger charge is -2.33. The number of fused-ring (bicyclic) bond motifs is 1. The zero-order valence-corrected chi connectivity index (χ0v) is 17.9. The van der Waals surface area contributed by atoms with E-state index >= 15 is 0 Å². The Morgan fingerprint density at radius 3 is 2.81 bits per heavy atom. The predicted octanol–water partition coefficient (Wildman–Crippen LogP) is 4.35. The molecule has 1 amide bonds. The number of ether oxygens (including phenoxy) is 1. The van der Waals surface area contributed by atoms with Crippen LogP contribution >= 0.6 is 0 Å². The van der Waals surface area contributed by atoms with Crippen molar-refractivity contribution in [3.05, 3.63) is 70.8 Å². The van der Waals surface area contributed by atoms with Gasteiger partial charge in [0.15, 0.2) is 0 Å². The van der Waals surface area contributed by atoms with E-state index in [-0.39, 0.29) is 17.8 Å². The molecule has 32 heavy (non-hydrogen) atoms. The van der Waals surface area contributed by atoms with E-state index in [1.807, 2.05) is 24.0 Å².